The highest BCUT2D eigenvalue weighted by atomic mass is 79.9. The Morgan fingerprint density at radius 3 is 2.70 bits per heavy atom. The number of nitrogens with zero attached hydrogens (tertiary/aromatic N) is 3. The van der Waals surface area contributed by atoms with Gasteiger partial charge in [0.15, 0.2) is 0 Å². The predicted molar refractivity (Wildman–Crippen MR) is 131 cm³/mol. The summed E-state index contributed by atoms with van der Waals surface area (Å²) in [5, 5.41) is 7.11. The Labute approximate surface area is 205 Å². The maximum absolute atomic E-state index is 13.6. The third kappa shape index (κ3) is 6.88. The van der Waals surface area contributed by atoms with Crippen LogP contribution in [0, 0.1) is 11.7 Å². The van der Waals surface area contributed by atoms with Crippen molar-refractivity contribution in [1.82, 2.24) is 20.4 Å². The molecule has 33 heavy (non-hydrogen) atoms. The molecule has 1 aliphatic heterocycles. The number of likely N-dealkylation sites (tertiary alicyclic amines) is 1. The molecule has 0 spiro atoms. The van der Waals surface area contributed by atoms with Crippen molar-refractivity contribution in [3.05, 3.63) is 70.3 Å². The highest BCUT2D eigenvalue weighted by molar-refractivity contribution is 9.10. The number of carbonyl (C=O) groups is 1. The minimum atomic E-state index is -0.175. The molecule has 4 rings (SSSR count). The molecule has 0 atom stereocenters. The predicted octanol–water partition coefficient (Wildman–Crippen LogP) is 4.90. The maximum Gasteiger partial charge on any atom is 0.241 e. The third-order valence-corrected chi connectivity index (χ3v) is 7.19. The van der Waals surface area contributed by atoms with Crippen LogP contribution in [0.2, 0.25) is 0 Å². The first kappa shape index (κ1) is 23.9. The molecule has 1 amide bonds. The molecule has 1 saturated heterocycles. The molecule has 2 heterocycles. The number of nitrogens with one attached hydrogen (secondary N) is 1. The van der Waals surface area contributed by atoms with E-state index in [1.165, 1.54) is 6.07 Å². The molecule has 0 radical (unpaired) electrons. The Hall–Kier alpha value is -2.23. The average molecular weight is 533 g/mol. The monoisotopic (exact) mass is 532 g/mol. The van der Waals surface area contributed by atoms with Crippen molar-refractivity contribution < 1.29 is 13.7 Å². The molecule has 1 fully saturated rings. The molecular formula is C24H26BrFN4O2S. The van der Waals surface area contributed by atoms with Crippen LogP contribution >= 0.6 is 27.7 Å². The van der Waals surface area contributed by atoms with Crippen molar-refractivity contribution in [2.75, 3.05) is 25.4 Å². The van der Waals surface area contributed by atoms with Gasteiger partial charge in [-0.15, -0.1) is 0 Å². The van der Waals surface area contributed by atoms with E-state index in [4.69, 9.17) is 4.52 Å². The second-order valence-corrected chi connectivity index (χ2v) is 10.0. The molecule has 0 bridgehead atoms. The molecule has 2 aromatic carbocycles. The van der Waals surface area contributed by atoms with E-state index in [-0.39, 0.29) is 17.6 Å². The van der Waals surface area contributed by atoms with E-state index in [1.807, 2.05) is 30.3 Å². The number of hydrogen-bond donors (Lipinski definition) is 1. The van der Waals surface area contributed by atoms with E-state index >= 15 is 0 Å². The maximum atomic E-state index is 13.6. The summed E-state index contributed by atoms with van der Waals surface area (Å²) in [5.74, 6) is 2.50. The number of aromatic nitrogens is 2. The van der Waals surface area contributed by atoms with Crippen molar-refractivity contribution in [2.24, 2.45) is 5.92 Å². The fraction of sp³-hybridized carbons (Fsp3) is 0.375. The van der Waals surface area contributed by atoms with Gasteiger partial charge in [-0.3, -0.25) is 9.69 Å². The summed E-state index contributed by atoms with van der Waals surface area (Å²) in [4.78, 5) is 19.2. The standard InChI is InChI=1S/C24H26BrFN4O2S/c25-20-7-5-17(6-8-20)23-28-22(32-29-23)15-30-12-9-18(10-13-30)24(31)27-11-14-33-16-19-3-1-2-4-21(19)26/h1-8,18H,9-16H2,(H,27,31). The Kier molecular flexibility index (Phi) is 8.52. The zero-order valence-corrected chi connectivity index (χ0v) is 20.6. The molecular weight excluding hydrogens is 507 g/mol. The van der Waals surface area contributed by atoms with Crippen molar-refractivity contribution in [3.63, 3.8) is 0 Å². The number of piperidine rings is 1. The summed E-state index contributed by atoms with van der Waals surface area (Å²) in [5.41, 5.74) is 1.61. The number of rotatable bonds is 9. The molecule has 174 valence electrons. The van der Waals surface area contributed by atoms with Crippen LogP contribution in [0.15, 0.2) is 57.5 Å². The number of amides is 1. The van der Waals surface area contributed by atoms with Gasteiger partial charge in [-0.05, 0) is 61.8 Å². The fourth-order valence-electron chi connectivity index (χ4n) is 3.77. The number of carbonyl (C=O) groups excluding carboxylic acids is 1. The molecule has 1 aromatic heterocycles. The lowest BCUT2D eigenvalue weighted by Gasteiger charge is -2.30. The normalized spacial score (nSPS) is 15.0. The zero-order valence-electron chi connectivity index (χ0n) is 18.2. The van der Waals surface area contributed by atoms with E-state index in [0.717, 1.165) is 41.7 Å². The van der Waals surface area contributed by atoms with Gasteiger partial charge in [-0.1, -0.05) is 39.3 Å². The van der Waals surface area contributed by atoms with Gasteiger partial charge in [-0.25, -0.2) is 4.39 Å². The summed E-state index contributed by atoms with van der Waals surface area (Å²) in [6, 6.07) is 14.6. The topological polar surface area (TPSA) is 71.3 Å². The second kappa shape index (κ2) is 11.8. The molecule has 0 unspecified atom stereocenters. The first-order valence-electron chi connectivity index (χ1n) is 11.0. The summed E-state index contributed by atoms with van der Waals surface area (Å²) in [7, 11) is 0. The fourth-order valence-corrected chi connectivity index (χ4v) is 4.88. The highest BCUT2D eigenvalue weighted by Gasteiger charge is 2.25. The van der Waals surface area contributed by atoms with Crippen molar-refractivity contribution in [1.29, 1.82) is 0 Å². The van der Waals surface area contributed by atoms with Crippen molar-refractivity contribution in [3.8, 4) is 11.4 Å². The van der Waals surface area contributed by atoms with Gasteiger partial charge < -0.3 is 9.84 Å². The van der Waals surface area contributed by atoms with Crippen LogP contribution in [-0.2, 0) is 17.1 Å². The summed E-state index contributed by atoms with van der Waals surface area (Å²) < 4.78 is 20.1. The van der Waals surface area contributed by atoms with Crippen LogP contribution < -0.4 is 5.32 Å². The smallest absolute Gasteiger partial charge is 0.241 e. The Balaban J connectivity index is 1.14. The first-order chi connectivity index (χ1) is 16.1. The van der Waals surface area contributed by atoms with Crippen molar-refractivity contribution >= 4 is 33.6 Å². The van der Waals surface area contributed by atoms with Crippen LogP contribution in [0.3, 0.4) is 0 Å². The lowest BCUT2D eigenvalue weighted by Crippen LogP contribution is -2.40. The molecule has 9 heteroatoms. The van der Waals surface area contributed by atoms with E-state index in [2.05, 4.69) is 36.3 Å². The Bertz CT molecular complexity index is 1050. The largest absolute Gasteiger partial charge is 0.355 e. The van der Waals surface area contributed by atoms with Gasteiger partial charge in [0.25, 0.3) is 0 Å². The van der Waals surface area contributed by atoms with E-state index in [0.29, 0.717) is 36.1 Å². The lowest BCUT2D eigenvalue weighted by molar-refractivity contribution is -0.126. The molecule has 1 N–H and O–H groups in total. The lowest BCUT2D eigenvalue weighted by atomic mass is 9.96. The van der Waals surface area contributed by atoms with Gasteiger partial charge in [0.1, 0.15) is 5.82 Å². The van der Waals surface area contributed by atoms with Gasteiger partial charge >= 0.3 is 0 Å². The average Bonchev–Trinajstić information content (AvgIpc) is 3.29. The number of thioether (sulfide) groups is 1. The van der Waals surface area contributed by atoms with E-state index in [9.17, 15) is 9.18 Å². The van der Waals surface area contributed by atoms with Crippen LogP contribution in [0.5, 0.6) is 0 Å². The van der Waals surface area contributed by atoms with E-state index in [1.54, 1.807) is 23.9 Å². The molecule has 1 aliphatic rings. The molecule has 0 saturated carbocycles. The van der Waals surface area contributed by atoms with Gasteiger partial charge in [-0.2, -0.15) is 16.7 Å². The number of hydrogen-bond acceptors (Lipinski definition) is 6. The number of benzene rings is 2. The number of halogens is 2. The molecule has 0 aliphatic carbocycles. The second-order valence-electron chi connectivity index (χ2n) is 8.00. The SMILES string of the molecule is O=C(NCCSCc1ccccc1F)C1CCN(Cc2nc(-c3ccc(Br)cc3)no2)CC1. The van der Waals surface area contributed by atoms with E-state index < -0.39 is 0 Å². The van der Waals surface area contributed by atoms with Gasteiger partial charge in [0.05, 0.1) is 6.54 Å². The Morgan fingerprint density at radius 1 is 1.18 bits per heavy atom. The Morgan fingerprint density at radius 2 is 1.94 bits per heavy atom. The van der Waals surface area contributed by atoms with Crippen LogP contribution in [-0.4, -0.2) is 46.3 Å². The van der Waals surface area contributed by atoms with Crippen LogP contribution in [0.25, 0.3) is 11.4 Å². The van der Waals surface area contributed by atoms with Gasteiger partial charge in [0.2, 0.25) is 17.6 Å². The third-order valence-electron chi connectivity index (χ3n) is 5.65. The minimum Gasteiger partial charge on any atom is -0.355 e. The minimum absolute atomic E-state index is 0.0267. The quantitative estimate of drug-likeness (QED) is 0.395. The molecule has 6 nitrogen and oxygen atoms in total. The molecule has 3 aromatic rings. The van der Waals surface area contributed by atoms with Crippen molar-refractivity contribution in [2.45, 2.75) is 25.1 Å². The first-order valence-corrected chi connectivity index (χ1v) is 12.9. The zero-order chi connectivity index (χ0) is 23.0. The summed E-state index contributed by atoms with van der Waals surface area (Å²) in [6.45, 7) is 2.82. The van der Waals surface area contributed by atoms with Crippen LogP contribution in [0.4, 0.5) is 4.39 Å². The summed E-state index contributed by atoms with van der Waals surface area (Å²) in [6.07, 6.45) is 1.61. The summed E-state index contributed by atoms with van der Waals surface area (Å²) >= 11 is 5.05. The van der Waals surface area contributed by atoms with Gasteiger partial charge in [0, 0.05) is 34.0 Å². The van der Waals surface area contributed by atoms with Crippen LogP contribution in [0.1, 0.15) is 24.3 Å². The highest BCUT2D eigenvalue weighted by Crippen LogP contribution is 2.22.